The van der Waals surface area contributed by atoms with Crippen molar-refractivity contribution in [2.24, 2.45) is 16.9 Å². The number of imide groups is 1. The molecule has 3 aliphatic heterocycles. The largest absolute Gasteiger partial charge is 0.292 e. The van der Waals surface area contributed by atoms with Gasteiger partial charge in [0, 0.05) is 5.56 Å². The van der Waals surface area contributed by atoms with E-state index in [4.69, 9.17) is 0 Å². The summed E-state index contributed by atoms with van der Waals surface area (Å²) in [5.74, 6) is -2.31. The summed E-state index contributed by atoms with van der Waals surface area (Å²) < 4.78 is 0. The van der Waals surface area contributed by atoms with Gasteiger partial charge in [-0.3, -0.25) is 19.4 Å². The van der Waals surface area contributed by atoms with Gasteiger partial charge in [0.1, 0.15) is 6.04 Å². The summed E-state index contributed by atoms with van der Waals surface area (Å²) in [5.41, 5.74) is 3.90. The molecule has 0 N–H and O–H groups in total. The molecule has 2 fully saturated rings. The molecule has 0 spiro atoms. The van der Waals surface area contributed by atoms with Crippen molar-refractivity contribution in [2.75, 3.05) is 4.90 Å². The third kappa shape index (κ3) is 2.80. The molecule has 3 aliphatic rings. The van der Waals surface area contributed by atoms with Crippen LogP contribution >= 0.6 is 0 Å². The van der Waals surface area contributed by atoms with Crippen molar-refractivity contribution in [3.05, 3.63) is 101 Å². The quantitative estimate of drug-likeness (QED) is 0.464. The highest BCUT2D eigenvalue weighted by molar-refractivity contribution is 6.24. The molecule has 6 nitrogen and oxygen atoms in total. The lowest BCUT2D eigenvalue weighted by Crippen LogP contribution is -2.44. The van der Waals surface area contributed by atoms with Crippen LogP contribution in [0, 0.1) is 18.8 Å². The Kier molecular flexibility index (Phi) is 4.30. The first-order valence-electron chi connectivity index (χ1n) is 11.0. The standard InChI is InChI=1S/C27H21N3O3/c1-16-11-13-19(14-12-16)29-26(32)21-22(27(29)33)24(25(31)17-7-3-2-4-8-17)30-23(21)20-10-6-5-9-18(20)15-28-30/h2-15,21-24H,1H3/t21-,22+,23+,24-/m0/s1. The number of ketones is 1. The molecule has 0 saturated carbocycles. The Bertz CT molecular complexity index is 1320. The lowest BCUT2D eigenvalue weighted by Gasteiger charge is -2.33. The molecule has 0 radical (unpaired) electrons. The van der Waals surface area contributed by atoms with E-state index in [9.17, 15) is 14.4 Å². The number of Topliss-reactive ketones (excluding diaryl/α,β-unsaturated/α-hetero) is 1. The fourth-order valence-electron chi connectivity index (χ4n) is 5.39. The van der Waals surface area contributed by atoms with Crippen LogP contribution in [0.1, 0.15) is 33.1 Å². The summed E-state index contributed by atoms with van der Waals surface area (Å²) in [5, 5.41) is 6.28. The number of carbonyl (C=O) groups excluding carboxylic acids is 3. The molecule has 2 amide bonds. The molecular formula is C27H21N3O3. The Morgan fingerprint density at radius 2 is 1.48 bits per heavy atom. The van der Waals surface area contributed by atoms with Gasteiger partial charge in [0.15, 0.2) is 5.78 Å². The summed E-state index contributed by atoms with van der Waals surface area (Å²) in [7, 11) is 0. The highest BCUT2D eigenvalue weighted by Gasteiger charge is 2.65. The minimum absolute atomic E-state index is 0.198. The van der Waals surface area contributed by atoms with Gasteiger partial charge in [-0.1, -0.05) is 72.3 Å². The number of hydrazone groups is 1. The second kappa shape index (κ2) is 7.24. The SMILES string of the molecule is Cc1ccc(N2C(=O)[C@@H]3[C@H](C2=O)[C@H]2c4ccccc4C=NN2[C@@H]3C(=O)c2ccccc2)cc1. The van der Waals surface area contributed by atoms with Gasteiger partial charge in [0.25, 0.3) is 0 Å². The normalized spacial score (nSPS) is 25.1. The van der Waals surface area contributed by atoms with Crippen LogP contribution in [0.25, 0.3) is 0 Å². The molecule has 0 bridgehead atoms. The van der Waals surface area contributed by atoms with Gasteiger partial charge in [-0.05, 0) is 30.2 Å². The van der Waals surface area contributed by atoms with Crippen molar-refractivity contribution in [2.45, 2.75) is 19.0 Å². The Labute approximate surface area is 191 Å². The summed E-state index contributed by atoms with van der Waals surface area (Å²) in [6, 6.07) is 22.6. The lowest BCUT2D eigenvalue weighted by molar-refractivity contribution is -0.124. The maximum absolute atomic E-state index is 13.8. The van der Waals surface area contributed by atoms with Crippen LogP contribution in [-0.2, 0) is 9.59 Å². The predicted octanol–water partition coefficient (Wildman–Crippen LogP) is 3.76. The van der Waals surface area contributed by atoms with Gasteiger partial charge in [-0.2, -0.15) is 5.10 Å². The van der Waals surface area contributed by atoms with Crippen molar-refractivity contribution in [1.29, 1.82) is 0 Å². The molecule has 0 aliphatic carbocycles. The monoisotopic (exact) mass is 435 g/mol. The summed E-state index contributed by atoms with van der Waals surface area (Å²) in [6.45, 7) is 1.95. The zero-order valence-electron chi connectivity index (χ0n) is 18.0. The fourth-order valence-corrected chi connectivity index (χ4v) is 5.39. The van der Waals surface area contributed by atoms with E-state index in [0.717, 1.165) is 16.7 Å². The Morgan fingerprint density at radius 1 is 0.818 bits per heavy atom. The average molecular weight is 435 g/mol. The van der Waals surface area contributed by atoms with Gasteiger partial charge in [-0.25, -0.2) is 4.90 Å². The number of benzene rings is 3. The number of aryl methyl sites for hydroxylation is 1. The second-order valence-electron chi connectivity index (χ2n) is 8.77. The molecule has 3 aromatic carbocycles. The number of rotatable bonds is 3. The number of hydrogen-bond acceptors (Lipinski definition) is 5. The summed E-state index contributed by atoms with van der Waals surface area (Å²) >= 11 is 0. The van der Waals surface area contributed by atoms with Crippen LogP contribution in [0.4, 0.5) is 5.69 Å². The summed E-state index contributed by atoms with van der Waals surface area (Å²) in [4.78, 5) is 42.5. The van der Waals surface area contributed by atoms with Crippen LogP contribution in [0.15, 0.2) is 84.0 Å². The zero-order valence-corrected chi connectivity index (χ0v) is 18.0. The number of nitrogens with zero attached hydrogens (tertiary/aromatic N) is 3. The highest BCUT2D eigenvalue weighted by Crippen LogP contribution is 2.53. The van der Waals surface area contributed by atoms with Crippen molar-refractivity contribution in [1.82, 2.24) is 5.01 Å². The molecule has 4 atom stereocenters. The maximum atomic E-state index is 13.8. The second-order valence-corrected chi connectivity index (χ2v) is 8.77. The number of hydrogen-bond donors (Lipinski definition) is 0. The van der Waals surface area contributed by atoms with E-state index < -0.39 is 23.9 Å². The smallest absolute Gasteiger partial charge is 0.240 e. The number of amides is 2. The van der Waals surface area contributed by atoms with Gasteiger partial charge in [-0.15, -0.1) is 0 Å². The van der Waals surface area contributed by atoms with Gasteiger partial charge >= 0.3 is 0 Å². The van der Waals surface area contributed by atoms with E-state index in [1.807, 2.05) is 49.4 Å². The third-order valence-corrected chi connectivity index (χ3v) is 6.91. The molecule has 33 heavy (non-hydrogen) atoms. The minimum Gasteiger partial charge on any atom is -0.292 e. The fraction of sp³-hybridized carbons (Fsp3) is 0.185. The van der Waals surface area contributed by atoms with E-state index in [0.29, 0.717) is 11.3 Å². The van der Waals surface area contributed by atoms with E-state index in [-0.39, 0.29) is 17.6 Å². The minimum atomic E-state index is -0.848. The van der Waals surface area contributed by atoms with Crippen molar-refractivity contribution < 1.29 is 14.4 Å². The molecular weight excluding hydrogens is 414 g/mol. The molecule has 6 rings (SSSR count). The Balaban J connectivity index is 1.50. The van der Waals surface area contributed by atoms with Crippen LogP contribution in [0.3, 0.4) is 0 Å². The van der Waals surface area contributed by atoms with E-state index >= 15 is 0 Å². The molecule has 6 heteroatoms. The third-order valence-electron chi connectivity index (χ3n) is 6.91. The van der Waals surface area contributed by atoms with Crippen LogP contribution < -0.4 is 4.90 Å². The van der Waals surface area contributed by atoms with Gasteiger partial charge in [0.2, 0.25) is 11.8 Å². The van der Waals surface area contributed by atoms with E-state index in [1.165, 1.54) is 4.90 Å². The molecule has 2 saturated heterocycles. The van der Waals surface area contributed by atoms with Gasteiger partial charge in [0.05, 0.1) is 29.8 Å². The molecule has 3 heterocycles. The van der Waals surface area contributed by atoms with Crippen LogP contribution in [-0.4, -0.2) is 34.9 Å². The lowest BCUT2D eigenvalue weighted by atomic mass is 9.83. The number of carbonyl (C=O) groups is 3. The first kappa shape index (κ1) is 19.6. The van der Waals surface area contributed by atoms with E-state index in [2.05, 4.69) is 5.10 Å². The molecule has 0 unspecified atom stereocenters. The first-order chi connectivity index (χ1) is 16.1. The predicted molar refractivity (Wildman–Crippen MR) is 124 cm³/mol. The number of anilines is 1. The van der Waals surface area contributed by atoms with E-state index in [1.54, 1.807) is 47.6 Å². The topological polar surface area (TPSA) is 70.1 Å². The molecule has 162 valence electrons. The summed E-state index contributed by atoms with van der Waals surface area (Å²) in [6.07, 6.45) is 1.71. The van der Waals surface area contributed by atoms with Crippen molar-refractivity contribution in [3.63, 3.8) is 0 Å². The van der Waals surface area contributed by atoms with Crippen LogP contribution in [0.5, 0.6) is 0 Å². The van der Waals surface area contributed by atoms with Crippen LogP contribution in [0.2, 0.25) is 0 Å². The Morgan fingerprint density at radius 3 is 2.24 bits per heavy atom. The van der Waals surface area contributed by atoms with Gasteiger partial charge < -0.3 is 0 Å². The molecule has 3 aromatic rings. The number of fused-ring (bicyclic) bond motifs is 5. The zero-order chi connectivity index (χ0) is 22.7. The average Bonchev–Trinajstić information content (AvgIpc) is 3.32. The first-order valence-corrected chi connectivity index (χ1v) is 11.0. The van der Waals surface area contributed by atoms with Crippen molar-refractivity contribution >= 4 is 29.5 Å². The highest BCUT2D eigenvalue weighted by atomic mass is 16.2. The maximum Gasteiger partial charge on any atom is 0.240 e. The Hall–Kier alpha value is -4.06. The molecule has 0 aromatic heterocycles. The van der Waals surface area contributed by atoms with Crippen molar-refractivity contribution in [3.8, 4) is 0 Å².